The van der Waals surface area contributed by atoms with Crippen molar-refractivity contribution in [1.29, 1.82) is 0 Å². The van der Waals surface area contributed by atoms with Crippen LogP contribution in [0, 0.1) is 29.6 Å². The minimum Gasteiger partial charge on any atom is -0.303 e. The molecule has 0 N–H and O–H groups in total. The molecule has 2 fully saturated rings. The van der Waals surface area contributed by atoms with Crippen molar-refractivity contribution in [3.05, 3.63) is 0 Å². The van der Waals surface area contributed by atoms with E-state index in [-0.39, 0.29) is 0 Å². The van der Waals surface area contributed by atoms with Gasteiger partial charge in [0, 0.05) is 25.7 Å². The molecule has 0 bridgehead atoms. The van der Waals surface area contributed by atoms with Crippen LogP contribution in [-0.4, -0.2) is 48.6 Å². The molecule has 0 aromatic carbocycles. The standard InChI is InChI=1S/C19H38N2/c1-14(2)18-7-9-20(10-8-18)13-19-16(5)11-21(15(3)4)12-17(19)6/h14-19H,7-13H2,1-6H3/t16-,17+,19?. The zero-order valence-corrected chi connectivity index (χ0v) is 15.3. The Kier molecular flexibility index (Phi) is 6.14. The minimum absolute atomic E-state index is 0.706. The van der Waals surface area contributed by atoms with Crippen molar-refractivity contribution in [3.8, 4) is 0 Å². The van der Waals surface area contributed by atoms with Crippen LogP contribution in [0.4, 0.5) is 0 Å². The van der Waals surface area contributed by atoms with Crippen molar-refractivity contribution in [2.75, 3.05) is 32.7 Å². The van der Waals surface area contributed by atoms with Gasteiger partial charge in [-0.15, -0.1) is 0 Å². The number of hydrogen-bond donors (Lipinski definition) is 0. The van der Waals surface area contributed by atoms with Gasteiger partial charge >= 0.3 is 0 Å². The van der Waals surface area contributed by atoms with E-state index in [4.69, 9.17) is 0 Å². The van der Waals surface area contributed by atoms with E-state index in [2.05, 4.69) is 51.3 Å². The lowest BCUT2D eigenvalue weighted by molar-refractivity contribution is 0.0268. The summed E-state index contributed by atoms with van der Waals surface area (Å²) in [7, 11) is 0. The Morgan fingerprint density at radius 3 is 1.86 bits per heavy atom. The van der Waals surface area contributed by atoms with Gasteiger partial charge in [0.1, 0.15) is 0 Å². The average Bonchev–Trinajstić information content (AvgIpc) is 2.43. The van der Waals surface area contributed by atoms with Crippen LogP contribution in [0.25, 0.3) is 0 Å². The number of piperidine rings is 2. The summed E-state index contributed by atoms with van der Waals surface area (Å²) >= 11 is 0. The lowest BCUT2D eigenvalue weighted by Crippen LogP contribution is -2.51. The molecule has 2 rings (SSSR count). The maximum Gasteiger partial charge on any atom is 0.00388 e. The third-order valence-electron chi connectivity index (χ3n) is 6.28. The molecule has 124 valence electrons. The molecule has 3 atom stereocenters. The Bertz CT molecular complexity index is 293. The molecule has 21 heavy (non-hydrogen) atoms. The molecule has 0 radical (unpaired) electrons. The van der Waals surface area contributed by atoms with Crippen LogP contribution >= 0.6 is 0 Å². The number of likely N-dealkylation sites (tertiary alicyclic amines) is 2. The Hall–Kier alpha value is -0.0800. The fourth-order valence-corrected chi connectivity index (χ4v) is 4.53. The molecule has 0 spiro atoms. The van der Waals surface area contributed by atoms with Crippen LogP contribution < -0.4 is 0 Å². The summed E-state index contributed by atoms with van der Waals surface area (Å²) in [5.74, 6) is 4.44. The topological polar surface area (TPSA) is 6.48 Å². The first kappa shape index (κ1) is 17.3. The van der Waals surface area contributed by atoms with Gasteiger partial charge in [-0.2, -0.15) is 0 Å². The summed E-state index contributed by atoms with van der Waals surface area (Å²) in [5.41, 5.74) is 0. The first-order valence-corrected chi connectivity index (χ1v) is 9.34. The molecular formula is C19H38N2. The maximum atomic E-state index is 2.77. The summed E-state index contributed by atoms with van der Waals surface area (Å²) in [6, 6.07) is 0.706. The maximum absolute atomic E-state index is 2.77. The number of rotatable bonds is 4. The lowest BCUT2D eigenvalue weighted by Gasteiger charge is -2.46. The third-order valence-corrected chi connectivity index (χ3v) is 6.28. The average molecular weight is 295 g/mol. The van der Waals surface area contributed by atoms with E-state index in [1.54, 1.807) is 0 Å². The smallest absolute Gasteiger partial charge is 0.00388 e. The van der Waals surface area contributed by atoms with Crippen LogP contribution in [-0.2, 0) is 0 Å². The SMILES string of the molecule is CC(C)C1CCN(CC2[C@H](C)CN(C(C)C)C[C@@H]2C)CC1. The van der Waals surface area contributed by atoms with Gasteiger partial charge in [-0.3, -0.25) is 0 Å². The van der Waals surface area contributed by atoms with Crippen molar-refractivity contribution in [1.82, 2.24) is 9.80 Å². The zero-order chi connectivity index (χ0) is 15.6. The van der Waals surface area contributed by atoms with Gasteiger partial charge in [-0.05, 0) is 69.4 Å². The highest BCUT2D eigenvalue weighted by Crippen LogP contribution is 2.32. The third kappa shape index (κ3) is 4.45. The summed E-state index contributed by atoms with van der Waals surface area (Å²) in [6.45, 7) is 21.1. The molecule has 0 saturated carbocycles. The second-order valence-corrected chi connectivity index (χ2v) is 8.55. The first-order valence-electron chi connectivity index (χ1n) is 9.34. The largest absolute Gasteiger partial charge is 0.303 e. The van der Waals surface area contributed by atoms with E-state index in [0.29, 0.717) is 6.04 Å². The van der Waals surface area contributed by atoms with Crippen LogP contribution in [0.5, 0.6) is 0 Å². The molecule has 0 aliphatic carbocycles. The van der Waals surface area contributed by atoms with Crippen molar-refractivity contribution in [3.63, 3.8) is 0 Å². The van der Waals surface area contributed by atoms with Gasteiger partial charge in [0.15, 0.2) is 0 Å². The zero-order valence-electron chi connectivity index (χ0n) is 15.3. The van der Waals surface area contributed by atoms with Crippen molar-refractivity contribution in [2.45, 2.75) is 60.4 Å². The molecule has 1 unspecified atom stereocenters. The lowest BCUT2D eigenvalue weighted by atomic mass is 9.78. The van der Waals surface area contributed by atoms with E-state index in [9.17, 15) is 0 Å². The predicted octanol–water partition coefficient (Wildman–Crippen LogP) is 3.97. The Morgan fingerprint density at radius 2 is 1.43 bits per heavy atom. The summed E-state index contributed by atoms with van der Waals surface area (Å²) in [6.07, 6.45) is 2.84. The van der Waals surface area contributed by atoms with E-state index >= 15 is 0 Å². The normalized spacial score (nSPS) is 34.0. The highest BCUT2D eigenvalue weighted by molar-refractivity contribution is 4.87. The quantitative estimate of drug-likeness (QED) is 0.774. The van der Waals surface area contributed by atoms with Crippen molar-refractivity contribution >= 4 is 0 Å². The highest BCUT2D eigenvalue weighted by atomic mass is 15.2. The molecule has 2 heterocycles. The molecule has 2 aliphatic heterocycles. The predicted molar refractivity (Wildman–Crippen MR) is 92.5 cm³/mol. The van der Waals surface area contributed by atoms with E-state index in [0.717, 1.165) is 29.6 Å². The Balaban J connectivity index is 1.83. The van der Waals surface area contributed by atoms with E-state index in [1.807, 2.05) is 0 Å². The van der Waals surface area contributed by atoms with Gasteiger partial charge in [-0.1, -0.05) is 27.7 Å². The molecule has 0 aromatic heterocycles. The first-order chi connectivity index (χ1) is 9.88. The molecule has 2 nitrogen and oxygen atoms in total. The molecule has 0 amide bonds. The highest BCUT2D eigenvalue weighted by Gasteiger charge is 2.34. The van der Waals surface area contributed by atoms with E-state index in [1.165, 1.54) is 45.6 Å². The molecular weight excluding hydrogens is 256 g/mol. The van der Waals surface area contributed by atoms with Crippen LogP contribution in [0.3, 0.4) is 0 Å². The van der Waals surface area contributed by atoms with Crippen LogP contribution in [0.2, 0.25) is 0 Å². The molecule has 2 aliphatic rings. The number of hydrogen-bond acceptors (Lipinski definition) is 2. The van der Waals surface area contributed by atoms with Crippen LogP contribution in [0.1, 0.15) is 54.4 Å². The van der Waals surface area contributed by atoms with Crippen molar-refractivity contribution in [2.24, 2.45) is 29.6 Å². The number of nitrogens with zero attached hydrogens (tertiary/aromatic N) is 2. The van der Waals surface area contributed by atoms with Crippen molar-refractivity contribution < 1.29 is 0 Å². The molecule has 2 heteroatoms. The minimum atomic E-state index is 0.706. The summed E-state index contributed by atoms with van der Waals surface area (Å²) < 4.78 is 0. The Morgan fingerprint density at radius 1 is 0.905 bits per heavy atom. The fraction of sp³-hybridized carbons (Fsp3) is 1.00. The second kappa shape index (κ2) is 7.46. The van der Waals surface area contributed by atoms with Gasteiger partial charge in [0.2, 0.25) is 0 Å². The van der Waals surface area contributed by atoms with Gasteiger partial charge in [0.05, 0.1) is 0 Å². The van der Waals surface area contributed by atoms with Gasteiger partial charge in [-0.25, -0.2) is 0 Å². The monoisotopic (exact) mass is 294 g/mol. The van der Waals surface area contributed by atoms with Gasteiger partial charge < -0.3 is 9.80 Å². The summed E-state index contributed by atoms with van der Waals surface area (Å²) in [4.78, 5) is 5.44. The fourth-order valence-electron chi connectivity index (χ4n) is 4.53. The molecule has 2 saturated heterocycles. The Labute approximate surface area is 133 Å². The van der Waals surface area contributed by atoms with Gasteiger partial charge in [0.25, 0.3) is 0 Å². The summed E-state index contributed by atoms with van der Waals surface area (Å²) in [5, 5.41) is 0. The molecule has 0 aromatic rings. The van der Waals surface area contributed by atoms with Crippen LogP contribution in [0.15, 0.2) is 0 Å². The second-order valence-electron chi connectivity index (χ2n) is 8.55. The van der Waals surface area contributed by atoms with E-state index < -0.39 is 0 Å².